The Morgan fingerprint density at radius 1 is 1.48 bits per heavy atom. The minimum atomic E-state index is -3.87. The zero-order valence-corrected chi connectivity index (χ0v) is 12.6. The van der Waals surface area contributed by atoms with Gasteiger partial charge in [-0.1, -0.05) is 0 Å². The summed E-state index contributed by atoms with van der Waals surface area (Å²) in [6.45, 7) is 2.30. The fourth-order valence-corrected chi connectivity index (χ4v) is 2.91. The minimum absolute atomic E-state index is 0.0695. The highest BCUT2D eigenvalue weighted by molar-refractivity contribution is 7.89. The Morgan fingerprint density at radius 3 is 2.71 bits per heavy atom. The molecule has 21 heavy (non-hydrogen) atoms. The highest BCUT2D eigenvalue weighted by Gasteiger charge is 2.28. The lowest BCUT2D eigenvalue weighted by Crippen LogP contribution is -2.23. The van der Waals surface area contributed by atoms with Crippen LogP contribution in [0.5, 0.6) is 5.75 Å². The molecule has 0 aromatic heterocycles. The number of benzene rings is 1. The first-order chi connectivity index (χ1) is 9.81. The van der Waals surface area contributed by atoms with Crippen LogP contribution in [0.2, 0.25) is 0 Å². The summed E-state index contributed by atoms with van der Waals surface area (Å²) < 4.78 is 33.1. The quantitative estimate of drug-likeness (QED) is 0.851. The second-order valence-corrected chi connectivity index (χ2v) is 6.51. The molecule has 1 heterocycles. The van der Waals surface area contributed by atoms with E-state index >= 15 is 0 Å². The Kier molecular flexibility index (Phi) is 4.50. The van der Waals surface area contributed by atoms with Gasteiger partial charge in [-0.05, 0) is 25.5 Å². The second kappa shape index (κ2) is 6.00. The zero-order valence-electron chi connectivity index (χ0n) is 11.8. The predicted octanol–water partition coefficient (Wildman–Crippen LogP) is 0.706. The molecular formula is C13H18N2O5S. The summed E-state index contributed by atoms with van der Waals surface area (Å²) in [5, 5.41) is 7.81. The van der Waals surface area contributed by atoms with Gasteiger partial charge < -0.3 is 14.8 Å². The Hall–Kier alpha value is -1.64. The van der Waals surface area contributed by atoms with Gasteiger partial charge in [-0.15, -0.1) is 0 Å². The number of hydrogen-bond acceptors (Lipinski definition) is 5. The first kappa shape index (κ1) is 15.7. The zero-order chi connectivity index (χ0) is 15.6. The average Bonchev–Trinajstić information content (AvgIpc) is 2.84. The Balaban J connectivity index is 2.16. The molecule has 2 atom stereocenters. The first-order valence-corrected chi connectivity index (χ1v) is 7.99. The Labute approximate surface area is 123 Å². The van der Waals surface area contributed by atoms with Gasteiger partial charge in [0, 0.05) is 11.8 Å². The molecule has 0 spiro atoms. The molecule has 7 nitrogen and oxygen atoms in total. The van der Waals surface area contributed by atoms with Crippen LogP contribution in [-0.4, -0.2) is 34.1 Å². The van der Waals surface area contributed by atoms with E-state index in [0.717, 1.165) is 0 Å². The molecule has 1 aromatic rings. The Bertz CT molecular complexity index is 644. The molecule has 8 heteroatoms. The molecule has 0 radical (unpaired) electrons. The van der Waals surface area contributed by atoms with Crippen LogP contribution in [0.1, 0.15) is 13.3 Å². The molecule has 3 N–H and O–H groups in total. The van der Waals surface area contributed by atoms with Crippen LogP contribution in [0.25, 0.3) is 0 Å². The van der Waals surface area contributed by atoms with Crippen LogP contribution in [-0.2, 0) is 19.6 Å². The van der Waals surface area contributed by atoms with Gasteiger partial charge in [0.25, 0.3) is 0 Å². The van der Waals surface area contributed by atoms with Crippen molar-refractivity contribution in [3.8, 4) is 5.75 Å². The highest BCUT2D eigenvalue weighted by Crippen LogP contribution is 2.27. The smallest absolute Gasteiger partial charge is 0.241 e. The third-order valence-electron chi connectivity index (χ3n) is 3.31. The number of ether oxygens (including phenoxy) is 2. The largest absolute Gasteiger partial charge is 0.495 e. The molecule has 2 unspecified atom stereocenters. The number of amides is 1. The van der Waals surface area contributed by atoms with E-state index in [1.54, 1.807) is 0 Å². The van der Waals surface area contributed by atoms with Gasteiger partial charge in [0.2, 0.25) is 15.9 Å². The average molecular weight is 314 g/mol. The molecule has 1 saturated heterocycles. The highest BCUT2D eigenvalue weighted by atomic mass is 32.2. The van der Waals surface area contributed by atoms with Crippen molar-refractivity contribution in [2.24, 2.45) is 11.1 Å². The number of methoxy groups -OCH3 is 1. The normalized spacial score (nSPS) is 22.0. The van der Waals surface area contributed by atoms with Crippen LogP contribution in [0, 0.1) is 5.92 Å². The van der Waals surface area contributed by atoms with Crippen molar-refractivity contribution < 1.29 is 22.7 Å². The summed E-state index contributed by atoms with van der Waals surface area (Å²) >= 11 is 0. The number of hydrogen-bond donors (Lipinski definition) is 2. The maximum atomic E-state index is 12.1. The SMILES string of the molecule is COc1cc(NC(=O)C2COC(C)C2)ccc1S(N)(=O)=O. The number of nitrogens with one attached hydrogen (secondary N) is 1. The van der Waals surface area contributed by atoms with E-state index in [-0.39, 0.29) is 28.6 Å². The van der Waals surface area contributed by atoms with Crippen LogP contribution >= 0.6 is 0 Å². The summed E-state index contributed by atoms with van der Waals surface area (Å²) in [6.07, 6.45) is 0.734. The van der Waals surface area contributed by atoms with Crippen molar-refractivity contribution in [2.45, 2.75) is 24.3 Å². The Morgan fingerprint density at radius 2 is 2.19 bits per heavy atom. The number of anilines is 1. The molecule has 0 bridgehead atoms. The maximum Gasteiger partial charge on any atom is 0.241 e. The molecule has 1 fully saturated rings. The number of carbonyl (C=O) groups excluding carboxylic acids is 1. The summed E-state index contributed by atoms with van der Waals surface area (Å²) in [5.41, 5.74) is 0.448. The topological polar surface area (TPSA) is 108 Å². The van der Waals surface area contributed by atoms with E-state index in [4.69, 9.17) is 14.6 Å². The van der Waals surface area contributed by atoms with Crippen molar-refractivity contribution >= 4 is 21.6 Å². The number of nitrogens with two attached hydrogens (primary N) is 1. The van der Waals surface area contributed by atoms with E-state index in [1.165, 1.54) is 25.3 Å². The summed E-state index contributed by atoms with van der Waals surface area (Å²) in [6, 6.07) is 4.20. The number of rotatable bonds is 4. The van der Waals surface area contributed by atoms with Gasteiger partial charge in [-0.2, -0.15) is 0 Å². The van der Waals surface area contributed by atoms with E-state index in [1.807, 2.05) is 6.92 Å². The molecular weight excluding hydrogens is 296 g/mol. The van der Waals surface area contributed by atoms with Crippen LogP contribution in [0.15, 0.2) is 23.1 Å². The molecule has 1 amide bonds. The molecule has 1 aliphatic heterocycles. The summed E-state index contributed by atoms with van der Waals surface area (Å²) in [7, 11) is -2.54. The van der Waals surface area contributed by atoms with Crippen LogP contribution in [0.3, 0.4) is 0 Å². The second-order valence-electron chi connectivity index (χ2n) is 4.98. The monoisotopic (exact) mass is 314 g/mol. The van der Waals surface area contributed by atoms with E-state index in [0.29, 0.717) is 18.7 Å². The fraction of sp³-hybridized carbons (Fsp3) is 0.462. The lowest BCUT2D eigenvalue weighted by Gasteiger charge is -2.12. The predicted molar refractivity (Wildman–Crippen MR) is 76.5 cm³/mol. The molecule has 0 saturated carbocycles. The van der Waals surface area contributed by atoms with E-state index in [9.17, 15) is 13.2 Å². The molecule has 1 aromatic carbocycles. The van der Waals surface area contributed by atoms with Crippen LogP contribution < -0.4 is 15.2 Å². The van der Waals surface area contributed by atoms with E-state index in [2.05, 4.69) is 5.32 Å². The van der Waals surface area contributed by atoms with Crippen molar-refractivity contribution in [1.82, 2.24) is 0 Å². The fourth-order valence-electron chi connectivity index (χ4n) is 2.22. The number of primary sulfonamides is 1. The van der Waals surface area contributed by atoms with Gasteiger partial charge in [-0.25, -0.2) is 13.6 Å². The lowest BCUT2D eigenvalue weighted by atomic mass is 10.1. The number of carbonyl (C=O) groups is 1. The first-order valence-electron chi connectivity index (χ1n) is 6.44. The van der Waals surface area contributed by atoms with Crippen LogP contribution in [0.4, 0.5) is 5.69 Å². The maximum absolute atomic E-state index is 12.1. The third kappa shape index (κ3) is 3.72. The van der Waals surface area contributed by atoms with Crippen molar-refractivity contribution in [3.63, 3.8) is 0 Å². The molecule has 116 valence electrons. The minimum Gasteiger partial charge on any atom is -0.495 e. The van der Waals surface area contributed by atoms with E-state index < -0.39 is 10.0 Å². The molecule has 2 rings (SSSR count). The van der Waals surface area contributed by atoms with Gasteiger partial charge >= 0.3 is 0 Å². The van der Waals surface area contributed by atoms with Crippen molar-refractivity contribution in [2.75, 3.05) is 19.0 Å². The van der Waals surface area contributed by atoms with Gasteiger partial charge in [-0.3, -0.25) is 4.79 Å². The van der Waals surface area contributed by atoms with Gasteiger partial charge in [0.1, 0.15) is 10.6 Å². The lowest BCUT2D eigenvalue weighted by molar-refractivity contribution is -0.119. The summed E-state index contributed by atoms with van der Waals surface area (Å²) in [5.74, 6) is -0.278. The van der Waals surface area contributed by atoms with Gasteiger partial charge in [0.05, 0.1) is 25.7 Å². The third-order valence-corrected chi connectivity index (χ3v) is 4.26. The number of sulfonamides is 1. The standard InChI is InChI=1S/C13H18N2O5S/c1-8-5-9(7-20-8)13(16)15-10-3-4-12(21(14,17)18)11(6-10)19-2/h3-4,6,8-9H,5,7H2,1-2H3,(H,15,16)(H2,14,17,18). The van der Waals surface area contributed by atoms with Gasteiger partial charge in [0.15, 0.2) is 0 Å². The summed E-state index contributed by atoms with van der Waals surface area (Å²) in [4.78, 5) is 11.9. The van der Waals surface area contributed by atoms with Crippen molar-refractivity contribution in [1.29, 1.82) is 0 Å². The molecule has 1 aliphatic rings. The van der Waals surface area contributed by atoms with Crippen molar-refractivity contribution in [3.05, 3.63) is 18.2 Å². The molecule has 0 aliphatic carbocycles.